The number of nitrogens with zero attached hydrogens (tertiary/aromatic N) is 4. The smallest absolute Gasteiger partial charge is 0.408 e. The highest BCUT2D eigenvalue weighted by atomic mass is 16.4. The van der Waals surface area contributed by atoms with Crippen molar-refractivity contribution >= 4 is 40.4 Å². The second kappa shape index (κ2) is 14.4. The van der Waals surface area contributed by atoms with Crippen LogP contribution in [-0.2, 0) is 14.4 Å². The van der Waals surface area contributed by atoms with Gasteiger partial charge >= 0.3 is 6.09 Å². The molecule has 0 spiro atoms. The summed E-state index contributed by atoms with van der Waals surface area (Å²) in [5.41, 5.74) is 5.88. The third kappa shape index (κ3) is 6.75. The number of carbonyl (C=O) groups excluding carboxylic acids is 3. The minimum atomic E-state index is -1.19. The van der Waals surface area contributed by atoms with Gasteiger partial charge in [0.1, 0.15) is 17.9 Å². The maximum Gasteiger partial charge on any atom is 0.408 e. The van der Waals surface area contributed by atoms with E-state index in [9.17, 15) is 24.3 Å². The fourth-order valence-corrected chi connectivity index (χ4v) is 7.65. The molecule has 12 nitrogen and oxygen atoms in total. The van der Waals surface area contributed by atoms with Crippen LogP contribution < -0.4 is 5.32 Å². The SMILES string of the molecule is CC(=O)N1CCC[C@H]1c1ncc(-c2ccc(-c3cc4cc(NC(=O)[C@@H]5CCCN5C(=O)[C@@H](c5ccccc5)N(C(=O)O)C(C)C)ccc4[nH]3)cc2)[nH]1. The number of rotatable bonds is 9. The summed E-state index contributed by atoms with van der Waals surface area (Å²) in [6, 6.07) is 22.4. The second-order valence-electron chi connectivity index (χ2n) is 13.9. The molecule has 5 aromatic rings. The second-order valence-corrected chi connectivity index (χ2v) is 13.9. The molecular weight excluding hydrogens is 658 g/mol. The molecule has 4 amide bonds. The van der Waals surface area contributed by atoms with E-state index in [1.807, 2.05) is 65.7 Å². The lowest BCUT2D eigenvalue weighted by Gasteiger charge is -2.36. The van der Waals surface area contributed by atoms with Crippen LogP contribution in [0, 0.1) is 0 Å². The van der Waals surface area contributed by atoms with Gasteiger partial charge in [0.2, 0.25) is 11.8 Å². The number of carbonyl (C=O) groups is 4. The number of amides is 4. The van der Waals surface area contributed by atoms with Crippen molar-refractivity contribution in [3.05, 3.63) is 96.4 Å². The van der Waals surface area contributed by atoms with Crippen LogP contribution >= 0.6 is 0 Å². The van der Waals surface area contributed by atoms with Crippen LogP contribution in [0.2, 0.25) is 0 Å². The lowest BCUT2D eigenvalue weighted by atomic mass is 10.0. The zero-order valence-corrected chi connectivity index (χ0v) is 29.5. The van der Waals surface area contributed by atoms with Gasteiger partial charge in [0, 0.05) is 48.3 Å². The van der Waals surface area contributed by atoms with Crippen molar-refractivity contribution in [2.75, 3.05) is 18.4 Å². The molecule has 2 fully saturated rings. The number of nitrogens with one attached hydrogen (secondary N) is 3. The van der Waals surface area contributed by atoms with Gasteiger partial charge in [0.15, 0.2) is 0 Å². The van der Waals surface area contributed by atoms with Gasteiger partial charge in [-0.1, -0.05) is 54.6 Å². The molecule has 12 heteroatoms. The minimum Gasteiger partial charge on any atom is -0.465 e. The van der Waals surface area contributed by atoms with Gasteiger partial charge in [-0.15, -0.1) is 0 Å². The van der Waals surface area contributed by atoms with Gasteiger partial charge in [-0.25, -0.2) is 9.78 Å². The van der Waals surface area contributed by atoms with Crippen LogP contribution in [0.3, 0.4) is 0 Å². The Bertz CT molecular complexity index is 2110. The molecule has 0 aliphatic carbocycles. The summed E-state index contributed by atoms with van der Waals surface area (Å²) in [4.78, 5) is 68.2. The maximum absolute atomic E-state index is 14.1. The summed E-state index contributed by atoms with van der Waals surface area (Å²) in [7, 11) is 0. The van der Waals surface area contributed by atoms with E-state index in [1.165, 1.54) is 4.90 Å². The summed E-state index contributed by atoms with van der Waals surface area (Å²) in [5.74, 6) is 0.164. The number of hydrogen-bond acceptors (Lipinski definition) is 5. The number of fused-ring (bicyclic) bond motifs is 1. The molecule has 7 rings (SSSR count). The molecule has 4 N–H and O–H groups in total. The van der Waals surface area contributed by atoms with Crippen LogP contribution in [0.5, 0.6) is 0 Å². The molecule has 0 bridgehead atoms. The summed E-state index contributed by atoms with van der Waals surface area (Å²) in [5, 5.41) is 14.0. The third-order valence-electron chi connectivity index (χ3n) is 10.2. The van der Waals surface area contributed by atoms with Crippen LogP contribution in [0.1, 0.15) is 69.9 Å². The van der Waals surface area contributed by atoms with E-state index in [0.717, 1.165) is 63.5 Å². The highest BCUT2D eigenvalue weighted by Crippen LogP contribution is 2.34. The molecule has 2 saturated heterocycles. The van der Waals surface area contributed by atoms with Crippen LogP contribution in [0.15, 0.2) is 85.1 Å². The standard InChI is InChI=1S/C40H43N7O5/c1-24(2)47(40(51)52)36(28-9-5-4-6-10-28)39(50)46-20-8-12-35(46)38(49)42-30-17-18-31-29(21-30)22-32(43-31)26-13-15-27(16-14-26)33-23-41-37(44-33)34-11-7-19-45(34)25(3)48/h4-6,9-10,13-18,21-24,34-36,43H,7-8,11-12,19-20H2,1-3H3,(H,41,44)(H,42,49)(H,51,52)/t34-,35-,36+/m0/s1. The van der Waals surface area contributed by atoms with Gasteiger partial charge in [-0.3, -0.25) is 19.3 Å². The predicted molar refractivity (Wildman–Crippen MR) is 198 cm³/mol. The zero-order chi connectivity index (χ0) is 36.5. The van der Waals surface area contributed by atoms with E-state index < -0.39 is 30.1 Å². The number of aromatic nitrogens is 3. The molecule has 2 aliphatic rings. The Morgan fingerprint density at radius 3 is 2.25 bits per heavy atom. The van der Waals surface area contributed by atoms with Crippen LogP contribution in [0.25, 0.3) is 33.4 Å². The van der Waals surface area contributed by atoms with Gasteiger partial charge in [-0.05, 0) is 80.5 Å². The first-order valence-corrected chi connectivity index (χ1v) is 17.8. The van der Waals surface area contributed by atoms with E-state index in [4.69, 9.17) is 0 Å². The molecular formula is C40H43N7O5. The summed E-state index contributed by atoms with van der Waals surface area (Å²) in [6.07, 6.45) is 3.62. The highest BCUT2D eigenvalue weighted by Gasteiger charge is 2.42. The first kappa shape index (κ1) is 34.5. The van der Waals surface area contributed by atoms with Crippen molar-refractivity contribution in [2.24, 2.45) is 0 Å². The van der Waals surface area contributed by atoms with Crippen LogP contribution in [-0.4, -0.2) is 83.7 Å². The van der Waals surface area contributed by atoms with E-state index in [0.29, 0.717) is 30.6 Å². The maximum atomic E-state index is 14.1. The van der Waals surface area contributed by atoms with Crippen molar-refractivity contribution in [1.29, 1.82) is 0 Å². The van der Waals surface area contributed by atoms with Gasteiger partial charge in [-0.2, -0.15) is 0 Å². The molecule has 2 aromatic heterocycles. The van der Waals surface area contributed by atoms with Crippen molar-refractivity contribution in [1.82, 2.24) is 29.7 Å². The molecule has 2 aliphatic heterocycles. The van der Waals surface area contributed by atoms with Crippen molar-refractivity contribution < 1.29 is 24.3 Å². The van der Waals surface area contributed by atoms with Crippen LogP contribution in [0.4, 0.5) is 10.5 Å². The fraction of sp³-hybridized carbons (Fsp3) is 0.325. The Morgan fingerprint density at radius 1 is 0.865 bits per heavy atom. The zero-order valence-electron chi connectivity index (χ0n) is 29.5. The highest BCUT2D eigenvalue weighted by molar-refractivity contribution is 6.00. The fourth-order valence-electron chi connectivity index (χ4n) is 7.65. The number of likely N-dealkylation sites (tertiary alicyclic amines) is 2. The Balaban J connectivity index is 1.05. The molecule has 268 valence electrons. The van der Waals surface area contributed by atoms with Crippen molar-refractivity contribution in [3.63, 3.8) is 0 Å². The van der Waals surface area contributed by atoms with Crippen molar-refractivity contribution in [3.8, 4) is 22.5 Å². The minimum absolute atomic E-state index is 0.0161. The number of aromatic amines is 2. The van der Waals surface area contributed by atoms with Gasteiger partial charge in [0.05, 0.1) is 17.9 Å². The molecule has 0 saturated carbocycles. The van der Waals surface area contributed by atoms with Gasteiger partial charge in [0.25, 0.3) is 5.91 Å². The van der Waals surface area contributed by atoms with E-state index in [1.54, 1.807) is 45.0 Å². The molecule has 0 unspecified atom stereocenters. The Hall–Kier alpha value is -5.91. The van der Waals surface area contributed by atoms with Gasteiger partial charge < -0.3 is 30.2 Å². The molecule has 52 heavy (non-hydrogen) atoms. The Morgan fingerprint density at radius 2 is 1.56 bits per heavy atom. The Kier molecular flexibility index (Phi) is 9.55. The third-order valence-corrected chi connectivity index (χ3v) is 10.2. The normalized spacial score (nSPS) is 17.8. The number of hydrogen-bond donors (Lipinski definition) is 4. The van der Waals surface area contributed by atoms with Crippen molar-refractivity contribution in [2.45, 2.75) is 70.6 Å². The predicted octanol–water partition coefficient (Wildman–Crippen LogP) is 6.97. The number of imidazole rings is 1. The molecule has 4 heterocycles. The molecule has 3 atom stereocenters. The largest absolute Gasteiger partial charge is 0.465 e. The topological polar surface area (TPSA) is 155 Å². The average Bonchev–Trinajstić information content (AvgIpc) is 3.96. The van der Waals surface area contributed by atoms with E-state index >= 15 is 0 Å². The number of benzene rings is 3. The molecule has 3 aromatic carbocycles. The first-order valence-electron chi connectivity index (χ1n) is 17.8. The summed E-state index contributed by atoms with van der Waals surface area (Å²) in [6.45, 7) is 6.20. The van der Waals surface area contributed by atoms with E-state index in [2.05, 4.69) is 20.3 Å². The lowest BCUT2D eigenvalue weighted by molar-refractivity contribution is -0.141. The summed E-state index contributed by atoms with van der Waals surface area (Å²) >= 11 is 0. The summed E-state index contributed by atoms with van der Waals surface area (Å²) < 4.78 is 0. The monoisotopic (exact) mass is 701 g/mol. The number of carboxylic acid groups (broad SMARTS) is 1. The quantitative estimate of drug-likeness (QED) is 0.130. The number of anilines is 1. The number of H-pyrrole nitrogens is 2. The lowest BCUT2D eigenvalue weighted by Crippen LogP contribution is -2.51. The average molecular weight is 702 g/mol. The first-order chi connectivity index (χ1) is 25.1. The Labute approximate surface area is 301 Å². The van der Waals surface area contributed by atoms with E-state index in [-0.39, 0.29) is 17.9 Å². The molecule has 0 radical (unpaired) electrons.